The second kappa shape index (κ2) is 5.89. The number of nitrogens with zero attached hydrogens (tertiary/aromatic N) is 3. The van der Waals surface area contributed by atoms with E-state index in [9.17, 15) is 0 Å². The van der Waals surface area contributed by atoms with E-state index in [0.717, 1.165) is 23.7 Å². The van der Waals surface area contributed by atoms with Gasteiger partial charge in [0.25, 0.3) is 0 Å². The van der Waals surface area contributed by atoms with Gasteiger partial charge in [-0.1, -0.05) is 36.4 Å². The molecule has 0 unspecified atom stereocenters. The summed E-state index contributed by atoms with van der Waals surface area (Å²) in [7, 11) is 0. The van der Waals surface area contributed by atoms with Crippen molar-refractivity contribution in [3.8, 4) is 0 Å². The van der Waals surface area contributed by atoms with E-state index in [1.807, 2.05) is 0 Å². The second-order valence-corrected chi connectivity index (χ2v) is 4.82. The summed E-state index contributed by atoms with van der Waals surface area (Å²) >= 11 is 0. The molecule has 0 aliphatic rings. The highest BCUT2D eigenvalue weighted by Crippen LogP contribution is 2.30. The standard InChI is InChI=1S/C17H18N4/c1-2-21(17-12-19-11-14(10-18)20-17)16-9-5-7-13-6-3-4-8-15(13)16/h3-9,11-12H,2,10,18H2,1H3. The van der Waals surface area contributed by atoms with E-state index in [-0.39, 0.29) is 0 Å². The normalized spacial score (nSPS) is 10.8. The first-order chi connectivity index (χ1) is 10.3. The maximum absolute atomic E-state index is 5.67. The topological polar surface area (TPSA) is 55.0 Å². The van der Waals surface area contributed by atoms with E-state index >= 15 is 0 Å². The Bertz CT molecular complexity index is 749. The van der Waals surface area contributed by atoms with Gasteiger partial charge in [-0.25, -0.2) is 4.98 Å². The van der Waals surface area contributed by atoms with Gasteiger partial charge in [-0.2, -0.15) is 0 Å². The van der Waals surface area contributed by atoms with Gasteiger partial charge in [0.1, 0.15) is 0 Å². The highest BCUT2D eigenvalue weighted by atomic mass is 15.2. The van der Waals surface area contributed by atoms with Gasteiger partial charge in [0.2, 0.25) is 0 Å². The first kappa shape index (κ1) is 13.5. The number of fused-ring (bicyclic) bond motifs is 1. The average molecular weight is 278 g/mol. The molecule has 0 bridgehead atoms. The van der Waals surface area contributed by atoms with Gasteiger partial charge < -0.3 is 10.6 Å². The van der Waals surface area contributed by atoms with Crippen molar-refractivity contribution < 1.29 is 0 Å². The molecule has 4 nitrogen and oxygen atoms in total. The van der Waals surface area contributed by atoms with Crippen LogP contribution in [0.4, 0.5) is 11.5 Å². The Morgan fingerprint density at radius 3 is 2.67 bits per heavy atom. The third-order valence-corrected chi connectivity index (χ3v) is 3.53. The summed E-state index contributed by atoms with van der Waals surface area (Å²) in [5.41, 5.74) is 7.60. The summed E-state index contributed by atoms with van der Waals surface area (Å²) in [5.74, 6) is 0.830. The summed E-state index contributed by atoms with van der Waals surface area (Å²) in [5, 5.41) is 2.43. The molecule has 0 atom stereocenters. The molecule has 0 radical (unpaired) electrons. The number of rotatable bonds is 4. The van der Waals surface area contributed by atoms with E-state index in [2.05, 4.69) is 64.3 Å². The van der Waals surface area contributed by atoms with Crippen molar-refractivity contribution in [3.05, 3.63) is 60.6 Å². The average Bonchev–Trinajstić information content (AvgIpc) is 2.56. The number of anilines is 2. The molecular weight excluding hydrogens is 260 g/mol. The maximum atomic E-state index is 5.67. The smallest absolute Gasteiger partial charge is 0.151 e. The molecule has 0 fully saturated rings. The first-order valence-electron chi connectivity index (χ1n) is 7.09. The van der Waals surface area contributed by atoms with E-state index in [1.165, 1.54) is 10.8 Å². The van der Waals surface area contributed by atoms with Crippen molar-refractivity contribution in [1.29, 1.82) is 0 Å². The molecule has 2 N–H and O–H groups in total. The summed E-state index contributed by atoms with van der Waals surface area (Å²) in [6, 6.07) is 14.7. The molecule has 1 aromatic heterocycles. The maximum Gasteiger partial charge on any atom is 0.151 e. The molecule has 0 saturated heterocycles. The summed E-state index contributed by atoms with van der Waals surface area (Å²) in [4.78, 5) is 11.0. The number of benzene rings is 2. The fraction of sp³-hybridized carbons (Fsp3) is 0.176. The number of hydrogen-bond acceptors (Lipinski definition) is 4. The molecule has 0 aliphatic carbocycles. The Balaban J connectivity index is 2.13. The third kappa shape index (κ3) is 2.58. The monoisotopic (exact) mass is 278 g/mol. The fourth-order valence-corrected chi connectivity index (χ4v) is 2.52. The van der Waals surface area contributed by atoms with Crippen molar-refractivity contribution in [1.82, 2.24) is 9.97 Å². The van der Waals surface area contributed by atoms with Crippen molar-refractivity contribution in [3.63, 3.8) is 0 Å². The predicted octanol–water partition coefficient (Wildman–Crippen LogP) is 3.25. The minimum absolute atomic E-state index is 0.397. The van der Waals surface area contributed by atoms with E-state index in [0.29, 0.717) is 6.54 Å². The van der Waals surface area contributed by atoms with Crippen LogP contribution < -0.4 is 10.6 Å². The lowest BCUT2D eigenvalue weighted by molar-refractivity contribution is 0.919. The Hall–Kier alpha value is -2.46. The van der Waals surface area contributed by atoms with Crippen molar-refractivity contribution >= 4 is 22.3 Å². The Morgan fingerprint density at radius 1 is 1.05 bits per heavy atom. The summed E-state index contributed by atoms with van der Waals surface area (Å²) in [6.45, 7) is 3.32. The molecule has 0 amide bonds. The lowest BCUT2D eigenvalue weighted by atomic mass is 10.1. The largest absolute Gasteiger partial charge is 0.325 e. The molecule has 0 aliphatic heterocycles. The number of nitrogens with two attached hydrogens (primary N) is 1. The highest BCUT2D eigenvalue weighted by molar-refractivity contribution is 5.95. The van der Waals surface area contributed by atoms with E-state index in [4.69, 9.17) is 5.73 Å². The molecule has 3 rings (SSSR count). The van der Waals surface area contributed by atoms with Crippen LogP contribution in [0.2, 0.25) is 0 Å². The number of hydrogen-bond donors (Lipinski definition) is 1. The van der Waals surface area contributed by atoms with Gasteiger partial charge in [0, 0.05) is 24.7 Å². The molecule has 0 saturated carbocycles. The molecule has 0 spiro atoms. The van der Waals surface area contributed by atoms with Crippen LogP contribution >= 0.6 is 0 Å². The molecule has 2 aromatic carbocycles. The zero-order valence-corrected chi connectivity index (χ0v) is 12.0. The van der Waals surface area contributed by atoms with Gasteiger partial charge in [0.05, 0.1) is 17.6 Å². The van der Waals surface area contributed by atoms with Crippen molar-refractivity contribution in [2.75, 3.05) is 11.4 Å². The Labute approximate surface area is 124 Å². The minimum Gasteiger partial charge on any atom is -0.325 e. The quantitative estimate of drug-likeness (QED) is 0.796. The van der Waals surface area contributed by atoms with Crippen LogP contribution in [0.1, 0.15) is 12.6 Å². The summed E-state index contributed by atoms with van der Waals surface area (Å²) < 4.78 is 0. The Kier molecular flexibility index (Phi) is 3.79. The molecule has 4 heteroatoms. The molecule has 106 valence electrons. The molecular formula is C17H18N4. The van der Waals surface area contributed by atoms with Gasteiger partial charge >= 0.3 is 0 Å². The second-order valence-electron chi connectivity index (χ2n) is 4.82. The van der Waals surface area contributed by atoms with Gasteiger partial charge in [-0.15, -0.1) is 0 Å². The van der Waals surface area contributed by atoms with Crippen LogP contribution in [0.3, 0.4) is 0 Å². The van der Waals surface area contributed by atoms with Crippen LogP contribution in [0.15, 0.2) is 54.9 Å². The van der Waals surface area contributed by atoms with Crippen LogP contribution in [-0.4, -0.2) is 16.5 Å². The Morgan fingerprint density at radius 2 is 1.86 bits per heavy atom. The highest BCUT2D eigenvalue weighted by Gasteiger charge is 2.12. The number of aromatic nitrogens is 2. The van der Waals surface area contributed by atoms with Crippen molar-refractivity contribution in [2.45, 2.75) is 13.5 Å². The molecule has 21 heavy (non-hydrogen) atoms. The summed E-state index contributed by atoms with van der Waals surface area (Å²) in [6.07, 6.45) is 3.49. The molecule has 3 aromatic rings. The van der Waals surface area contributed by atoms with Crippen LogP contribution in [0, 0.1) is 0 Å². The van der Waals surface area contributed by atoms with E-state index in [1.54, 1.807) is 12.4 Å². The van der Waals surface area contributed by atoms with Crippen LogP contribution in [0.5, 0.6) is 0 Å². The van der Waals surface area contributed by atoms with Gasteiger partial charge in [-0.3, -0.25) is 4.98 Å². The SMILES string of the molecule is CCN(c1cncc(CN)n1)c1cccc2ccccc12. The third-order valence-electron chi connectivity index (χ3n) is 3.53. The fourth-order valence-electron chi connectivity index (χ4n) is 2.52. The van der Waals surface area contributed by atoms with E-state index < -0.39 is 0 Å². The first-order valence-corrected chi connectivity index (χ1v) is 7.09. The zero-order chi connectivity index (χ0) is 14.7. The van der Waals surface area contributed by atoms with Gasteiger partial charge in [0.15, 0.2) is 5.82 Å². The van der Waals surface area contributed by atoms with Crippen LogP contribution in [-0.2, 0) is 6.54 Å². The van der Waals surface area contributed by atoms with Crippen molar-refractivity contribution in [2.24, 2.45) is 5.73 Å². The van der Waals surface area contributed by atoms with Gasteiger partial charge in [-0.05, 0) is 18.4 Å². The minimum atomic E-state index is 0.397. The predicted molar refractivity (Wildman–Crippen MR) is 86.6 cm³/mol. The lowest BCUT2D eigenvalue weighted by Crippen LogP contribution is -2.19. The molecule has 1 heterocycles. The lowest BCUT2D eigenvalue weighted by Gasteiger charge is -2.23. The zero-order valence-electron chi connectivity index (χ0n) is 12.0. The van der Waals surface area contributed by atoms with Crippen LogP contribution in [0.25, 0.3) is 10.8 Å².